The minimum Gasteiger partial charge on any atom is -0.507 e. The Morgan fingerprint density at radius 3 is 1.53 bits per heavy atom. The molecule has 8 atom stereocenters. The molecule has 9 rings (SSSR count). The smallest absolute Gasteiger partial charge is 0.127 e. The van der Waals surface area contributed by atoms with Gasteiger partial charge in [0.05, 0.1) is 24.2 Å². The van der Waals surface area contributed by atoms with Crippen molar-refractivity contribution < 1.29 is 29.9 Å². The molecule has 4 aromatic rings. The number of hydrogen-bond acceptors (Lipinski definition) is 6. The second kappa shape index (κ2) is 27.2. The van der Waals surface area contributed by atoms with Crippen LogP contribution in [0.2, 0.25) is 67.5 Å². The number of benzene rings is 4. The van der Waals surface area contributed by atoms with Gasteiger partial charge in [0.2, 0.25) is 0 Å². The van der Waals surface area contributed by atoms with E-state index in [0.29, 0.717) is 23.0 Å². The van der Waals surface area contributed by atoms with Crippen LogP contribution >= 0.6 is 0 Å². The average Bonchev–Trinajstić information content (AvgIpc) is 0.774. The highest BCUT2D eigenvalue weighted by Crippen LogP contribution is 2.57. The molecule has 0 radical (unpaired) electrons. The Bertz CT molecular complexity index is 3130. The highest BCUT2D eigenvalue weighted by atomic mass is 28.3. The number of phenols is 4. The summed E-state index contributed by atoms with van der Waals surface area (Å²) in [6.45, 7) is 34.8. The van der Waals surface area contributed by atoms with Crippen LogP contribution in [-0.4, -0.2) is 55.8 Å². The molecule has 2 unspecified atom stereocenters. The van der Waals surface area contributed by atoms with E-state index in [9.17, 15) is 20.4 Å². The van der Waals surface area contributed by atoms with Crippen LogP contribution in [0.1, 0.15) is 203 Å². The number of rotatable bonds is 26. The third-order valence-corrected chi connectivity index (χ3v) is 38.8. The zero-order valence-electron chi connectivity index (χ0n) is 55.8. The molecule has 2 heterocycles. The lowest BCUT2D eigenvalue weighted by molar-refractivity contribution is -0.0136. The standard InChI is InChI=1S/C77H112O6Si3/c1-15-85(16-2,17-3)38-23-27-57-46-70(81)74-63-42-54(9)30-33-65(63)76(11,82-71(74)50-57)36-24-39-86(18-4,19-5)37-21-20-25-56-45-69(80)75-64-43-55(10)31-34-66(64)77(12,83-72(75)49-56)51-59-26-22-28-60(44-59)84(13,14)40-35-58-47-67(78)73(68(79)48-58)62-41-53(8)29-32-61(62)52(6)7/h22,26,28,41-50,61-66,78-81H,6,15-21,23-25,27,29-40,51H2,1-5,7-14H3/t61-,62+,63-,64-,65-,66-,76?,77?/m1/s1. The van der Waals surface area contributed by atoms with Crippen LogP contribution in [0.25, 0.3) is 0 Å². The molecule has 0 fully saturated rings. The first-order chi connectivity index (χ1) is 40.9. The van der Waals surface area contributed by atoms with Crippen LogP contribution in [0, 0.1) is 17.8 Å². The van der Waals surface area contributed by atoms with Gasteiger partial charge in [-0.25, -0.2) is 0 Å². The first-order valence-corrected chi connectivity index (χ1v) is 43.2. The Morgan fingerprint density at radius 2 is 0.988 bits per heavy atom. The fraction of sp³-hybridized carbons (Fsp3) is 0.584. The normalized spacial score (nSPS) is 24.7. The molecule has 0 bridgehead atoms. The predicted octanol–water partition coefficient (Wildman–Crippen LogP) is 20.8. The molecule has 0 amide bonds. The number of unbranched alkanes of at least 4 members (excludes halogenated alkanes) is 1. The van der Waals surface area contributed by atoms with Crippen molar-refractivity contribution in [3.8, 4) is 34.5 Å². The quantitative estimate of drug-likeness (QED) is 0.0284. The molecular formula is C77H112O6Si3. The van der Waals surface area contributed by atoms with Crippen LogP contribution in [0.15, 0.2) is 108 Å². The summed E-state index contributed by atoms with van der Waals surface area (Å²) in [6.07, 6.45) is 22.6. The van der Waals surface area contributed by atoms with Crippen molar-refractivity contribution in [3.05, 3.63) is 147 Å². The molecule has 9 heteroatoms. The van der Waals surface area contributed by atoms with Crippen molar-refractivity contribution in [1.29, 1.82) is 0 Å². The predicted molar refractivity (Wildman–Crippen MR) is 371 cm³/mol. The minimum atomic E-state index is -1.98. The van der Waals surface area contributed by atoms with Gasteiger partial charge in [-0.05, 0) is 183 Å². The van der Waals surface area contributed by atoms with Crippen molar-refractivity contribution in [2.75, 3.05) is 0 Å². The second-order valence-electron chi connectivity index (χ2n) is 29.8. The highest BCUT2D eigenvalue weighted by Gasteiger charge is 2.50. The summed E-state index contributed by atoms with van der Waals surface area (Å²) in [5.41, 5.74) is 11.8. The molecular weight excluding hydrogens is 1110 g/mol. The van der Waals surface area contributed by atoms with Crippen molar-refractivity contribution in [1.82, 2.24) is 0 Å². The summed E-state index contributed by atoms with van der Waals surface area (Å²) in [5.74, 6) is 3.99. The minimum absolute atomic E-state index is 0.0727. The summed E-state index contributed by atoms with van der Waals surface area (Å²) in [6, 6.07) is 33.5. The van der Waals surface area contributed by atoms with E-state index >= 15 is 0 Å². The molecule has 4 N–H and O–H groups in total. The van der Waals surface area contributed by atoms with E-state index in [1.165, 1.54) is 106 Å². The summed E-state index contributed by atoms with van der Waals surface area (Å²) in [7, 11) is -4.74. The molecule has 6 nitrogen and oxygen atoms in total. The van der Waals surface area contributed by atoms with Crippen molar-refractivity contribution in [3.63, 3.8) is 0 Å². The van der Waals surface area contributed by atoms with E-state index in [4.69, 9.17) is 9.47 Å². The lowest BCUT2D eigenvalue weighted by atomic mass is 9.65. The SMILES string of the molecule is C=C(C)[C@H]1CCC(C)=C[C@@H]1c1c(O)cc(CC[Si](C)(C)c2cccc(CC3(C)Oc4cc(CCCC[Si](CC)(CC)CCCC5(C)Oc6cc(CCC[Si](CC)(CC)CC)cc(O)c6[C@@H]6C=C(C)CC[C@H]65)cc(O)c4[C@@H]4C=C(C)CC[C@H]43)c2)cc1O. The van der Waals surface area contributed by atoms with Gasteiger partial charge in [-0.1, -0.05) is 192 Å². The van der Waals surface area contributed by atoms with Crippen LogP contribution in [-0.2, 0) is 25.7 Å². The monoisotopic (exact) mass is 1220 g/mol. The molecule has 0 saturated carbocycles. The Hall–Kier alpha value is -4.71. The van der Waals surface area contributed by atoms with Gasteiger partial charge in [0.1, 0.15) is 45.7 Å². The van der Waals surface area contributed by atoms with Gasteiger partial charge < -0.3 is 29.9 Å². The van der Waals surface area contributed by atoms with E-state index in [0.717, 1.165) is 117 Å². The number of fused-ring (bicyclic) bond motifs is 6. The number of hydrogen-bond donors (Lipinski definition) is 4. The Balaban J connectivity index is 0.840. The lowest BCUT2D eigenvalue weighted by Gasteiger charge is -2.49. The summed E-state index contributed by atoms with van der Waals surface area (Å²) < 4.78 is 14.6. The molecule has 0 aromatic heterocycles. The first kappa shape index (κ1) is 65.7. The molecule has 86 heavy (non-hydrogen) atoms. The van der Waals surface area contributed by atoms with E-state index in [1.54, 1.807) is 0 Å². The number of ether oxygens (including phenoxy) is 2. The maximum absolute atomic E-state index is 12.0. The lowest BCUT2D eigenvalue weighted by Crippen LogP contribution is -2.49. The molecule has 3 aliphatic carbocycles. The zero-order chi connectivity index (χ0) is 61.9. The first-order valence-electron chi connectivity index (χ1n) is 34.3. The number of aromatic hydroxyl groups is 4. The number of allylic oxidation sites excluding steroid dienone is 7. The van der Waals surface area contributed by atoms with Gasteiger partial charge in [0.25, 0.3) is 0 Å². The molecule has 0 spiro atoms. The Morgan fingerprint density at radius 1 is 0.523 bits per heavy atom. The molecule has 468 valence electrons. The Labute approximate surface area is 524 Å². The van der Waals surface area contributed by atoms with Crippen LogP contribution in [0.4, 0.5) is 0 Å². The van der Waals surface area contributed by atoms with Gasteiger partial charge in [0.15, 0.2) is 0 Å². The maximum Gasteiger partial charge on any atom is 0.127 e. The topological polar surface area (TPSA) is 99.4 Å². The van der Waals surface area contributed by atoms with Crippen LogP contribution in [0.3, 0.4) is 0 Å². The maximum atomic E-state index is 12.0. The highest BCUT2D eigenvalue weighted by molar-refractivity contribution is 6.89. The van der Waals surface area contributed by atoms with Gasteiger partial charge in [-0.15, -0.1) is 0 Å². The molecule has 0 saturated heterocycles. The number of phenolic OH excluding ortho intramolecular Hbond substituents is 4. The second-order valence-corrected chi connectivity index (χ2v) is 45.7. The molecule has 5 aliphatic rings. The van der Waals surface area contributed by atoms with Gasteiger partial charge in [-0.2, -0.15) is 0 Å². The fourth-order valence-corrected chi connectivity index (χ4v) is 27.4. The fourth-order valence-electron chi connectivity index (χ4n) is 17.5. The third kappa shape index (κ3) is 14.2. The van der Waals surface area contributed by atoms with E-state index in [1.807, 2.05) is 12.1 Å². The van der Waals surface area contributed by atoms with Gasteiger partial charge in [-0.3, -0.25) is 0 Å². The van der Waals surface area contributed by atoms with Gasteiger partial charge >= 0.3 is 0 Å². The number of aryl methyl sites for hydroxylation is 3. The van der Waals surface area contributed by atoms with E-state index in [2.05, 4.69) is 163 Å². The summed E-state index contributed by atoms with van der Waals surface area (Å²) in [4.78, 5) is 0. The van der Waals surface area contributed by atoms with Crippen LogP contribution < -0.4 is 14.7 Å². The summed E-state index contributed by atoms with van der Waals surface area (Å²) in [5, 5.41) is 48.1. The van der Waals surface area contributed by atoms with Crippen LogP contribution in [0.5, 0.6) is 34.5 Å². The van der Waals surface area contributed by atoms with E-state index < -0.39 is 29.8 Å². The van der Waals surface area contributed by atoms with Crippen molar-refractivity contribution >= 4 is 29.4 Å². The summed E-state index contributed by atoms with van der Waals surface area (Å²) >= 11 is 0. The third-order valence-electron chi connectivity index (χ3n) is 23.7. The van der Waals surface area contributed by atoms with Gasteiger partial charge in [0, 0.05) is 52.7 Å². The molecule has 2 aliphatic heterocycles. The largest absolute Gasteiger partial charge is 0.507 e. The molecule has 4 aromatic carbocycles. The van der Waals surface area contributed by atoms with E-state index in [-0.39, 0.29) is 46.7 Å². The zero-order valence-corrected chi connectivity index (χ0v) is 58.8. The average molecular weight is 1220 g/mol. The Kier molecular flexibility index (Phi) is 20.8. The van der Waals surface area contributed by atoms with Crippen molar-refractivity contribution in [2.45, 2.75) is 269 Å². The van der Waals surface area contributed by atoms with Crippen molar-refractivity contribution in [2.24, 2.45) is 17.8 Å².